The van der Waals surface area contributed by atoms with Crippen LogP contribution in [-0.4, -0.2) is 23.2 Å². The van der Waals surface area contributed by atoms with E-state index >= 15 is 0 Å². The number of hydrogen-bond donors (Lipinski definition) is 2. The second-order valence-corrected chi connectivity index (χ2v) is 5.75. The van der Waals surface area contributed by atoms with Gasteiger partial charge in [-0.1, -0.05) is 13.3 Å². The number of halogens is 2. The molecule has 0 saturated carbocycles. The number of rotatable bonds is 8. The van der Waals surface area contributed by atoms with E-state index in [0.29, 0.717) is 13.0 Å². The largest absolute Gasteiger partial charge is 0.396 e. The highest BCUT2D eigenvalue weighted by molar-refractivity contribution is 14.1. The molecule has 0 aliphatic carbocycles. The highest BCUT2D eigenvalue weighted by Crippen LogP contribution is 2.29. The van der Waals surface area contributed by atoms with Crippen LogP contribution in [0.3, 0.4) is 0 Å². The van der Waals surface area contributed by atoms with Crippen LogP contribution in [0, 0.1) is 25.4 Å². The number of nitro benzene ring substituents is 1. The molecule has 5 nitrogen and oxygen atoms in total. The van der Waals surface area contributed by atoms with Crippen molar-refractivity contribution >= 4 is 34.0 Å². The predicted molar refractivity (Wildman–Crippen MR) is 84.4 cm³/mol. The summed E-state index contributed by atoms with van der Waals surface area (Å²) in [6.45, 7) is 2.60. The molecule has 0 spiro atoms. The molecule has 0 fully saturated rings. The van der Waals surface area contributed by atoms with Gasteiger partial charge in [0.25, 0.3) is 5.69 Å². The van der Waals surface area contributed by atoms with Crippen molar-refractivity contribution in [2.45, 2.75) is 26.2 Å². The first-order valence-corrected chi connectivity index (χ1v) is 7.55. The molecular weight excluding hydrogens is 378 g/mol. The second kappa shape index (κ2) is 8.35. The summed E-state index contributed by atoms with van der Waals surface area (Å²) in [6, 6.07) is 2.38. The van der Waals surface area contributed by atoms with Crippen LogP contribution in [0.15, 0.2) is 12.1 Å². The van der Waals surface area contributed by atoms with Gasteiger partial charge in [0.2, 0.25) is 0 Å². The summed E-state index contributed by atoms with van der Waals surface area (Å²) < 4.78 is 13.8. The van der Waals surface area contributed by atoms with Crippen molar-refractivity contribution in [3.05, 3.63) is 31.6 Å². The Labute approximate surface area is 130 Å². The van der Waals surface area contributed by atoms with E-state index in [1.807, 2.05) is 6.92 Å². The maximum atomic E-state index is 13.5. The van der Waals surface area contributed by atoms with E-state index in [1.165, 1.54) is 6.07 Å². The minimum atomic E-state index is -0.523. The van der Waals surface area contributed by atoms with Gasteiger partial charge < -0.3 is 10.4 Å². The quantitative estimate of drug-likeness (QED) is 0.401. The third-order valence-electron chi connectivity index (χ3n) is 3.05. The Kier molecular flexibility index (Phi) is 7.14. The smallest absolute Gasteiger partial charge is 0.293 e. The fourth-order valence-electron chi connectivity index (χ4n) is 2.02. The van der Waals surface area contributed by atoms with Crippen molar-refractivity contribution in [1.29, 1.82) is 0 Å². The minimum absolute atomic E-state index is 0.0789. The summed E-state index contributed by atoms with van der Waals surface area (Å²) in [7, 11) is 0. The van der Waals surface area contributed by atoms with Gasteiger partial charge >= 0.3 is 0 Å². The molecule has 1 unspecified atom stereocenters. The van der Waals surface area contributed by atoms with Gasteiger partial charge in [-0.3, -0.25) is 10.1 Å². The number of anilines is 1. The van der Waals surface area contributed by atoms with Gasteiger partial charge in [-0.05, 0) is 41.4 Å². The van der Waals surface area contributed by atoms with E-state index in [9.17, 15) is 14.5 Å². The number of nitrogens with one attached hydrogen (secondary N) is 1. The summed E-state index contributed by atoms with van der Waals surface area (Å²) >= 11 is 1.73. The maximum Gasteiger partial charge on any atom is 0.293 e. The second-order valence-electron chi connectivity index (χ2n) is 4.59. The Morgan fingerprint density at radius 1 is 1.50 bits per heavy atom. The molecule has 7 heteroatoms. The summed E-state index contributed by atoms with van der Waals surface area (Å²) in [4.78, 5) is 10.5. The number of benzene rings is 1. The van der Waals surface area contributed by atoms with Gasteiger partial charge in [0.15, 0.2) is 0 Å². The van der Waals surface area contributed by atoms with Gasteiger partial charge in [0, 0.05) is 25.3 Å². The molecule has 0 radical (unpaired) electrons. The minimum Gasteiger partial charge on any atom is -0.396 e. The van der Waals surface area contributed by atoms with Gasteiger partial charge in [-0.2, -0.15) is 0 Å². The molecule has 0 heterocycles. The van der Waals surface area contributed by atoms with E-state index < -0.39 is 10.7 Å². The maximum absolute atomic E-state index is 13.5. The molecule has 0 saturated heterocycles. The third kappa shape index (κ3) is 4.86. The lowest BCUT2D eigenvalue weighted by atomic mass is 10.00. The zero-order chi connectivity index (χ0) is 15.1. The van der Waals surface area contributed by atoms with Gasteiger partial charge in [0.05, 0.1) is 8.49 Å². The zero-order valence-corrected chi connectivity index (χ0v) is 13.4. The average molecular weight is 396 g/mol. The topological polar surface area (TPSA) is 75.4 Å². The normalized spacial score (nSPS) is 12.2. The van der Waals surface area contributed by atoms with Gasteiger partial charge in [-0.25, -0.2) is 4.39 Å². The lowest BCUT2D eigenvalue weighted by Gasteiger charge is -2.16. The summed E-state index contributed by atoms with van der Waals surface area (Å²) in [5.41, 5.74) is 0.0574. The first-order valence-electron chi connectivity index (χ1n) is 6.47. The van der Waals surface area contributed by atoms with Crippen molar-refractivity contribution in [1.82, 2.24) is 0 Å². The Balaban J connectivity index is 2.85. The molecule has 1 aromatic carbocycles. The molecule has 1 rings (SSSR count). The Morgan fingerprint density at radius 2 is 2.20 bits per heavy atom. The van der Waals surface area contributed by atoms with Crippen LogP contribution in [0.5, 0.6) is 0 Å². The molecule has 1 atom stereocenters. The first kappa shape index (κ1) is 17.1. The number of nitro groups is 1. The Hall–Kier alpha value is -0.960. The predicted octanol–water partition coefficient (Wildman–Crippen LogP) is 3.55. The molecular formula is C13H18FIN2O3. The van der Waals surface area contributed by atoms with Crippen molar-refractivity contribution in [2.24, 2.45) is 5.92 Å². The molecule has 112 valence electrons. The van der Waals surface area contributed by atoms with Crippen LogP contribution < -0.4 is 5.32 Å². The molecule has 0 aliphatic heterocycles. The van der Waals surface area contributed by atoms with Crippen LogP contribution in [0.2, 0.25) is 0 Å². The zero-order valence-electron chi connectivity index (χ0n) is 11.2. The van der Waals surface area contributed by atoms with E-state index in [0.717, 1.165) is 18.9 Å². The molecule has 2 N–H and O–H groups in total. The van der Waals surface area contributed by atoms with Crippen molar-refractivity contribution < 1.29 is 14.4 Å². The van der Waals surface area contributed by atoms with Crippen molar-refractivity contribution in [3.8, 4) is 0 Å². The van der Waals surface area contributed by atoms with E-state index in [1.54, 1.807) is 22.6 Å². The summed E-state index contributed by atoms with van der Waals surface area (Å²) in [5, 5.41) is 22.9. The number of aliphatic hydroxyl groups excluding tert-OH is 1. The molecule has 0 aliphatic rings. The number of nitrogens with zero attached hydrogens (tertiary/aromatic N) is 1. The highest BCUT2D eigenvalue weighted by atomic mass is 127. The lowest BCUT2D eigenvalue weighted by molar-refractivity contribution is -0.384. The standard InChI is InChI=1S/C13H18FIN2O3/c1-2-3-9(4-5-18)8-16-12-6-10(14)11(15)7-13(12)17(19)20/h6-7,9,16,18H,2-5,8H2,1H3. The highest BCUT2D eigenvalue weighted by Gasteiger charge is 2.18. The van der Waals surface area contributed by atoms with Crippen LogP contribution in [0.1, 0.15) is 26.2 Å². The average Bonchev–Trinajstić information content (AvgIpc) is 2.39. The van der Waals surface area contributed by atoms with Gasteiger partial charge in [-0.15, -0.1) is 0 Å². The Morgan fingerprint density at radius 3 is 2.75 bits per heavy atom. The van der Waals surface area contributed by atoms with E-state index in [4.69, 9.17) is 5.11 Å². The summed E-state index contributed by atoms with van der Waals surface area (Å²) in [6.07, 6.45) is 2.51. The van der Waals surface area contributed by atoms with Crippen LogP contribution in [0.25, 0.3) is 0 Å². The number of aliphatic hydroxyl groups is 1. The Bertz CT molecular complexity index is 465. The third-order valence-corrected chi connectivity index (χ3v) is 3.88. The number of hydrogen-bond acceptors (Lipinski definition) is 4. The van der Waals surface area contributed by atoms with Crippen molar-refractivity contribution in [3.63, 3.8) is 0 Å². The van der Waals surface area contributed by atoms with E-state index in [2.05, 4.69) is 5.32 Å². The molecule has 20 heavy (non-hydrogen) atoms. The van der Waals surface area contributed by atoms with Crippen molar-refractivity contribution in [2.75, 3.05) is 18.5 Å². The molecule has 0 amide bonds. The first-order chi connectivity index (χ1) is 9.49. The van der Waals surface area contributed by atoms with Crippen LogP contribution in [0.4, 0.5) is 15.8 Å². The fraction of sp³-hybridized carbons (Fsp3) is 0.538. The molecule has 0 bridgehead atoms. The van der Waals surface area contributed by atoms with E-state index in [-0.39, 0.29) is 27.5 Å². The monoisotopic (exact) mass is 396 g/mol. The molecule has 0 aromatic heterocycles. The van der Waals surface area contributed by atoms with Gasteiger partial charge in [0.1, 0.15) is 11.5 Å². The molecule has 1 aromatic rings. The fourth-order valence-corrected chi connectivity index (χ4v) is 2.47. The summed E-state index contributed by atoms with van der Waals surface area (Å²) in [5.74, 6) is -0.264. The van der Waals surface area contributed by atoms with Crippen LogP contribution >= 0.6 is 22.6 Å². The lowest BCUT2D eigenvalue weighted by Crippen LogP contribution is -2.16. The SMILES string of the molecule is CCCC(CCO)CNc1cc(F)c(I)cc1[N+](=O)[O-]. The van der Waals surface area contributed by atoms with Crippen LogP contribution in [-0.2, 0) is 0 Å².